The second-order valence-corrected chi connectivity index (χ2v) is 6.12. The van der Waals surface area contributed by atoms with Crippen molar-refractivity contribution in [3.63, 3.8) is 0 Å². The van der Waals surface area contributed by atoms with E-state index < -0.39 is 0 Å². The highest BCUT2D eigenvalue weighted by molar-refractivity contribution is 5.55. The van der Waals surface area contributed by atoms with E-state index in [0.29, 0.717) is 17.6 Å². The molecule has 0 bridgehead atoms. The normalized spacial score (nSPS) is 17.6. The topological polar surface area (TPSA) is 94.3 Å². The third-order valence-electron chi connectivity index (χ3n) is 4.44. The number of rotatable bonds is 4. The highest BCUT2D eigenvalue weighted by atomic mass is 15.6. The van der Waals surface area contributed by atoms with E-state index in [4.69, 9.17) is 4.98 Å². The van der Waals surface area contributed by atoms with Crippen LogP contribution in [0.2, 0.25) is 0 Å². The number of aromatic nitrogens is 7. The maximum atomic E-state index is 4.71. The summed E-state index contributed by atoms with van der Waals surface area (Å²) >= 11 is 0. The summed E-state index contributed by atoms with van der Waals surface area (Å²) in [6.45, 7) is 4.02. The lowest BCUT2D eigenvalue weighted by atomic mass is 9.99. The molecular formula is C17H20N8. The van der Waals surface area contributed by atoms with Gasteiger partial charge in [-0.3, -0.25) is 4.98 Å². The van der Waals surface area contributed by atoms with Crippen molar-refractivity contribution in [3.8, 4) is 17.2 Å². The molecule has 1 atom stereocenters. The first-order valence-electron chi connectivity index (χ1n) is 8.63. The lowest BCUT2D eigenvalue weighted by Crippen LogP contribution is -2.30. The summed E-state index contributed by atoms with van der Waals surface area (Å²) < 4.78 is 1.75. The number of pyridine rings is 1. The van der Waals surface area contributed by atoms with Gasteiger partial charge < -0.3 is 5.32 Å². The molecule has 0 saturated carbocycles. The summed E-state index contributed by atoms with van der Waals surface area (Å²) in [5.41, 5.74) is 1.89. The van der Waals surface area contributed by atoms with E-state index in [1.54, 1.807) is 17.1 Å². The van der Waals surface area contributed by atoms with Gasteiger partial charge in [0.1, 0.15) is 0 Å². The molecule has 1 N–H and O–H groups in total. The van der Waals surface area contributed by atoms with Crippen LogP contribution in [-0.4, -0.2) is 48.2 Å². The Balaban J connectivity index is 1.77. The van der Waals surface area contributed by atoms with Crippen LogP contribution in [0.3, 0.4) is 0 Å². The Hall–Kier alpha value is -2.74. The van der Waals surface area contributed by atoms with Gasteiger partial charge in [0.25, 0.3) is 0 Å². The van der Waals surface area contributed by atoms with Gasteiger partial charge >= 0.3 is 0 Å². The SMILES string of the molecule is CCc1cc(-n2nnnc2[C@@H]2CCCNC2)nc(-c2ccncc2)n1. The maximum absolute atomic E-state index is 4.71. The molecule has 0 amide bonds. The summed E-state index contributed by atoms with van der Waals surface area (Å²) in [5.74, 6) is 2.53. The summed E-state index contributed by atoms with van der Waals surface area (Å²) in [5, 5.41) is 15.8. The van der Waals surface area contributed by atoms with Crippen LogP contribution in [0, 0.1) is 0 Å². The van der Waals surface area contributed by atoms with E-state index in [2.05, 4.69) is 37.7 Å². The van der Waals surface area contributed by atoms with Gasteiger partial charge in [-0.05, 0) is 48.4 Å². The molecule has 1 saturated heterocycles. The van der Waals surface area contributed by atoms with E-state index in [9.17, 15) is 0 Å². The lowest BCUT2D eigenvalue weighted by molar-refractivity contribution is 0.439. The predicted molar refractivity (Wildman–Crippen MR) is 92.2 cm³/mol. The summed E-state index contributed by atoms with van der Waals surface area (Å²) in [7, 11) is 0. The Morgan fingerprint density at radius 1 is 1.24 bits per heavy atom. The van der Waals surface area contributed by atoms with Crippen LogP contribution in [0.4, 0.5) is 0 Å². The molecule has 4 heterocycles. The molecular weight excluding hydrogens is 316 g/mol. The minimum Gasteiger partial charge on any atom is -0.316 e. The van der Waals surface area contributed by atoms with Gasteiger partial charge in [0.15, 0.2) is 17.5 Å². The quantitative estimate of drug-likeness (QED) is 0.772. The van der Waals surface area contributed by atoms with Crippen molar-refractivity contribution in [2.45, 2.75) is 32.1 Å². The van der Waals surface area contributed by atoms with Crippen molar-refractivity contribution in [1.82, 2.24) is 40.5 Å². The van der Waals surface area contributed by atoms with Crippen LogP contribution in [0.1, 0.15) is 37.2 Å². The smallest absolute Gasteiger partial charge is 0.162 e. The molecule has 3 aromatic heterocycles. The lowest BCUT2D eigenvalue weighted by Gasteiger charge is -2.21. The Morgan fingerprint density at radius 3 is 2.88 bits per heavy atom. The second kappa shape index (κ2) is 7.02. The molecule has 1 aliphatic heterocycles. The molecule has 8 nitrogen and oxygen atoms in total. The molecule has 128 valence electrons. The third-order valence-corrected chi connectivity index (χ3v) is 4.44. The monoisotopic (exact) mass is 336 g/mol. The van der Waals surface area contributed by atoms with Crippen LogP contribution in [0.5, 0.6) is 0 Å². The van der Waals surface area contributed by atoms with E-state index in [0.717, 1.165) is 49.4 Å². The zero-order chi connectivity index (χ0) is 17.1. The Labute approximate surface area is 145 Å². The molecule has 4 rings (SSSR count). The van der Waals surface area contributed by atoms with Gasteiger partial charge in [0.2, 0.25) is 0 Å². The fraction of sp³-hybridized carbons (Fsp3) is 0.412. The maximum Gasteiger partial charge on any atom is 0.162 e. The largest absolute Gasteiger partial charge is 0.316 e. The molecule has 0 radical (unpaired) electrons. The Kier molecular flexibility index (Phi) is 4.43. The van der Waals surface area contributed by atoms with Crippen molar-refractivity contribution in [1.29, 1.82) is 0 Å². The number of tetrazole rings is 1. The number of hydrogen-bond donors (Lipinski definition) is 1. The van der Waals surface area contributed by atoms with Crippen LogP contribution < -0.4 is 5.32 Å². The molecule has 25 heavy (non-hydrogen) atoms. The molecule has 1 aliphatic rings. The highest BCUT2D eigenvalue weighted by Crippen LogP contribution is 2.23. The predicted octanol–water partition coefficient (Wildman–Crippen LogP) is 1.54. The zero-order valence-corrected chi connectivity index (χ0v) is 14.1. The fourth-order valence-electron chi connectivity index (χ4n) is 3.09. The first-order chi connectivity index (χ1) is 12.3. The number of nitrogens with zero attached hydrogens (tertiary/aromatic N) is 7. The average molecular weight is 336 g/mol. The van der Waals surface area contributed by atoms with E-state index >= 15 is 0 Å². The molecule has 3 aromatic rings. The summed E-state index contributed by atoms with van der Waals surface area (Å²) in [6.07, 6.45) is 6.51. The van der Waals surface area contributed by atoms with Gasteiger partial charge in [-0.15, -0.1) is 5.10 Å². The van der Waals surface area contributed by atoms with E-state index in [1.165, 1.54) is 0 Å². The minimum absolute atomic E-state index is 0.299. The standard InChI is InChI=1S/C17H20N8/c1-2-14-10-15(21-16(20-14)12-5-8-18-9-6-12)25-17(22-23-24-25)13-4-3-7-19-11-13/h5-6,8-10,13,19H,2-4,7,11H2,1H3/t13-/m1/s1. The van der Waals surface area contributed by atoms with Crippen molar-refractivity contribution >= 4 is 0 Å². The van der Waals surface area contributed by atoms with Crippen LogP contribution >= 0.6 is 0 Å². The Bertz CT molecular complexity index is 839. The van der Waals surface area contributed by atoms with E-state index in [1.807, 2.05) is 18.2 Å². The fourth-order valence-corrected chi connectivity index (χ4v) is 3.09. The molecule has 0 aliphatic carbocycles. The van der Waals surface area contributed by atoms with Gasteiger partial charge in [-0.2, -0.15) is 4.68 Å². The highest BCUT2D eigenvalue weighted by Gasteiger charge is 2.23. The van der Waals surface area contributed by atoms with Crippen LogP contribution in [0.15, 0.2) is 30.6 Å². The van der Waals surface area contributed by atoms with E-state index in [-0.39, 0.29) is 0 Å². The molecule has 1 fully saturated rings. The summed E-state index contributed by atoms with van der Waals surface area (Å²) in [6, 6.07) is 5.77. The van der Waals surface area contributed by atoms with Gasteiger partial charge in [0, 0.05) is 42.2 Å². The minimum atomic E-state index is 0.299. The van der Waals surface area contributed by atoms with Crippen molar-refractivity contribution in [3.05, 3.63) is 42.1 Å². The molecule has 8 heteroatoms. The zero-order valence-electron chi connectivity index (χ0n) is 14.1. The van der Waals surface area contributed by atoms with Gasteiger partial charge in [-0.1, -0.05) is 6.92 Å². The number of aryl methyl sites for hydroxylation is 1. The molecule has 0 aromatic carbocycles. The average Bonchev–Trinajstić information content (AvgIpc) is 3.19. The van der Waals surface area contributed by atoms with Crippen molar-refractivity contribution < 1.29 is 0 Å². The van der Waals surface area contributed by atoms with Crippen molar-refractivity contribution in [2.24, 2.45) is 0 Å². The molecule has 0 spiro atoms. The second-order valence-electron chi connectivity index (χ2n) is 6.12. The van der Waals surface area contributed by atoms with Crippen LogP contribution in [-0.2, 0) is 6.42 Å². The first-order valence-corrected chi connectivity index (χ1v) is 8.63. The van der Waals surface area contributed by atoms with Crippen molar-refractivity contribution in [2.75, 3.05) is 13.1 Å². The number of piperidine rings is 1. The number of hydrogen-bond acceptors (Lipinski definition) is 7. The summed E-state index contributed by atoms with van der Waals surface area (Å²) in [4.78, 5) is 13.4. The number of nitrogens with one attached hydrogen (secondary N) is 1. The first kappa shape index (κ1) is 15.8. The Morgan fingerprint density at radius 2 is 2.12 bits per heavy atom. The van der Waals surface area contributed by atoms with Crippen LogP contribution in [0.25, 0.3) is 17.2 Å². The molecule has 0 unspecified atom stereocenters. The van der Waals surface area contributed by atoms with Gasteiger partial charge in [0.05, 0.1) is 0 Å². The van der Waals surface area contributed by atoms with Gasteiger partial charge in [-0.25, -0.2) is 9.97 Å². The third kappa shape index (κ3) is 3.25.